The van der Waals surface area contributed by atoms with Crippen LogP contribution in [0.15, 0.2) is 10.6 Å². The molecule has 1 saturated heterocycles. The van der Waals surface area contributed by atoms with Crippen molar-refractivity contribution in [3.05, 3.63) is 10.6 Å². The molecule has 0 aliphatic carbocycles. The first kappa shape index (κ1) is 9.33. The highest BCUT2D eigenvalue weighted by molar-refractivity contribution is 6.36. The molecule has 1 heterocycles. The van der Waals surface area contributed by atoms with Gasteiger partial charge < -0.3 is 5.11 Å². The van der Waals surface area contributed by atoms with Crippen molar-refractivity contribution in [2.24, 2.45) is 0 Å². The molecule has 1 aliphatic rings. The fourth-order valence-corrected chi connectivity index (χ4v) is 1.44. The Morgan fingerprint density at radius 3 is 2.91 bits per heavy atom. The molecule has 0 aromatic carbocycles. The van der Waals surface area contributed by atoms with Crippen LogP contribution in [0, 0.1) is 0 Å². The van der Waals surface area contributed by atoms with E-state index in [1.807, 2.05) is 0 Å². The molecule has 11 heavy (non-hydrogen) atoms. The molecular formula is C7H11Cl2NO. The van der Waals surface area contributed by atoms with E-state index in [4.69, 9.17) is 28.3 Å². The number of hydrogen-bond acceptors (Lipinski definition) is 2. The molecule has 0 saturated carbocycles. The van der Waals surface area contributed by atoms with Crippen LogP contribution in [0.5, 0.6) is 0 Å². The number of aliphatic hydroxyl groups is 1. The van der Waals surface area contributed by atoms with Crippen molar-refractivity contribution < 1.29 is 5.11 Å². The average Bonchev–Trinajstić information content (AvgIpc) is 2.35. The minimum absolute atomic E-state index is 0.185. The lowest BCUT2D eigenvalue weighted by Gasteiger charge is -2.12. The number of likely N-dealkylation sites (tertiary alicyclic amines) is 1. The zero-order valence-electron chi connectivity index (χ0n) is 6.13. The van der Waals surface area contributed by atoms with Crippen LogP contribution in [0.4, 0.5) is 0 Å². The van der Waals surface area contributed by atoms with E-state index in [-0.39, 0.29) is 6.10 Å². The molecule has 1 N–H and O–H groups in total. The van der Waals surface area contributed by atoms with Gasteiger partial charge in [-0.25, -0.2) is 0 Å². The Morgan fingerprint density at radius 2 is 2.45 bits per heavy atom. The lowest BCUT2D eigenvalue weighted by molar-refractivity contribution is 0.179. The van der Waals surface area contributed by atoms with Crippen molar-refractivity contribution >= 4 is 23.2 Å². The largest absolute Gasteiger partial charge is 0.392 e. The monoisotopic (exact) mass is 195 g/mol. The summed E-state index contributed by atoms with van der Waals surface area (Å²) in [4.78, 5) is 2.08. The SMILES string of the molecule is O[C@H]1CCN(C/C(Cl)=C/Cl)C1. The Hall–Kier alpha value is 0.240. The maximum absolute atomic E-state index is 9.15. The molecule has 1 fully saturated rings. The van der Waals surface area contributed by atoms with Crippen molar-refractivity contribution in [3.63, 3.8) is 0 Å². The van der Waals surface area contributed by atoms with Crippen molar-refractivity contribution in [1.29, 1.82) is 0 Å². The molecule has 1 aliphatic heterocycles. The van der Waals surface area contributed by atoms with Gasteiger partial charge in [0, 0.05) is 30.2 Å². The van der Waals surface area contributed by atoms with Gasteiger partial charge in [0.05, 0.1) is 6.10 Å². The maximum Gasteiger partial charge on any atom is 0.0679 e. The predicted molar refractivity (Wildman–Crippen MR) is 46.9 cm³/mol. The fourth-order valence-electron chi connectivity index (χ4n) is 1.20. The number of nitrogens with zero attached hydrogens (tertiary/aromatic N) is 1. The molecule has 0 spiro atoms. The lowest BCUT2D eigenvalue weighted by atomic mass is 10.3. The van der Waals surface area contributed by atoms with Gasteiger partial charge in [0.15, 0.2) is 0 Å². The molecule has 0 bridgehead atoms. The van der Waals surface area contributed by atoms with Gasteiger partial charge in [-0.1, -0.05) is 23.2 Å². The van der Waals surface area contributed by atoms with Gasteiger partial charge in [-0.3, -0.25) is 4.90 Å². The quantitative estimate of drug-likeness (QED) is 0.720. The summed E-state index contributed by atoms with van der Waals surface area (Å²) in [5.74, 6) is 0. The van der Waals surface area contributed by atoms with Crippen molar-refractivity contribution in [2.75, 3.05) is 19.6 Å². The molecule has 64 valence electrons. The minimum Gasteiger partial charge on any atom is -0.392 e. The van der Waals surface area contributed by atoms with Crippen LogP contribution in [-0.2, 0) is 0 Å². The summed E-state index contributed by atoms with van der Waals surface area (Å²) >= 11 is 11.1. The van der Waals surface area contributed by atoms with E-state index >= 15 is 0 Å². The molecule has 4 heteroatoms. The molecule has 0 aromatic rings. The van der Waals surface area contributed by atoms with E-state index in [0.717, 1.165) is 13.0 Å². The first-order valence-corrected chi connectivity index (χ1v) is 4.39. The first-order chi connectivity index (χ1) is 5.22. The number of rotatable bonds is 2. The topological polar surface area (TPSA) is 23.5 Å². The zero-order chi connectivity index (χ0) is 8.27. The van der Waals surface area contributed by atoms with Crippen LogP contribution in [0.25, 0.3) is 0 Å². The Labute approximate surface area is 76.4 Å². The van der Waals surface area contributed by atoms with Gasteiger partial charge in [0.25, 0.3) is 0 Å². The summed E-state index contributed by atoms with van der Waals surface area (Å²) < 4.78 is 0. The van der Waals surface area contributed by atoms with E-state index in [0.29, 0.717) is 18.1 Å². The average molecular weight is 196 g/mol. The summed E-state index contributed by atoms with van der Waals surface area (Å²) in [5, 5.41) is 9.77. The van der Waals surface area contributed by atoms with Crippen LogP contribution < -0.4 is 0 Å². The van der Waals surface area contributed by atoms with Crippen LogP contribution in [0.2, 0.25) is 0 Å². The van der Waals surface area contributed by atoms with Crippen molar-refractivity contribution in [3.8, 4) is 0 Å². The highest BCUT2D eigenvalue weighted by atomic mass is 35.5. The summed E-state index contributed by atoms with van der Waals surface area (Å²) in [6.07, 6.45) is 0.654. The standard InChI is InChI=1S/C7H11Cl2NO/c8-3-6(9)4-10-2-1-7(11)5-10/h3,7,11H,1-2,4-5H2/b6-3-/t7-/m0/s1. The summed E-state index contributed by atoms with van der Waals surface area (Å²) in [5.41, 5.74) is 1.37. The summed E-state index contributed by atoms with van der Waals surface area (Å²) in [6.45, 7) is 2.27. The molecule has 0 unspecified atom stereocenters. The molecule has 0 aromatic heterocycles. The Bertz CT molecular complexity index is 161. The van der Waals surface area contributed by atoms with Crippen LogP contribution in [-0.4, -0.2) is 35.7 Å². The molecule has 0 amide bonds. The molecule has 1 rings (SSSR count). The third-order valence-electron chi connectivity index (χ3n) is 1.74. The van der Waals surface area contributed by atoms with Crippen LogP contribution >= 0.6 is 23.2 Å². The van der Waals surface area contributed by atoms with Crippen LogP contribution in [0.1, 0.15) is 6.42 Å². The van der Waals surface area contributed by atoms with E-state index in [9.17, 15) is 0 Å². The molecule has 1 atom stereocenters. The Morgan fingerprint density at radius 1 is 1.73 bits per heavy atom. The van der Waals surface area contributed by atoms with E-state index in [2.05, 4.69) is 4.90 Å². The first-order valence-electron chi connectivity index (χ1n) is 3.57. The second-order valence-corrected chi connectivity index (χ2v) is 3.44. The van der Waals surface area contributed by atoms with Crippen molar-refractivity contribution in [1.82, 2.24) is 4.90 Å². The van der Waals surface area contributed by atoms with Crippen molar-refractivity contribution in [2.45, 2.75) is 12.5 Å². The third kappa shape index (κ3) is 2.99. The highest BCUT2D eigenvalue weighted by Gasteiger charge is 2.19. The second kappa shape index (κ2) is 4.31. The van der Waals surface area contributed by atoms with Gasteiger partial charge in [-0.05, 0) is 6.42 Å². The predicted octanol–water partition coefficient (Wildman–Crippen LogP) is 1.37. The summed E-state index contributed by atoms with van der Waals surface area (Å²) in [7, 11) is 0. The van der Waals surface area contributed by atoms with E-state index < -0.39 is 0 Å². The lowest BCUT2D eigenvalue weighted by Crippen LogP contribution is -2.23. The Balaban J connectivity index is 2.28. The normalized spacial score (nSPS) is 27.9. The smallest absolute Gasteiger partial charge is 0.0679 e. The minimum atomic E-state index is -0.185. The maximum atomic E-state index is 9.15. The number of β-amino-alcohol motifs (C(OH)–C–C–N with tert-alkyl or cyclic N) is 1. The zero-order valence-corrected chi connectivity index (χ0v) is 7.65. The van der Waals surface area contributed by atoms with Gasteiger partial charge in [0.2, 0.25) is 0 Å². The third-order valence-corrected chi connectivity index (χ3v) is 2.34. The van der Waals surface area contributed by atoms with Gasteiger partial charge in [-0.15, -0.1) is 0 Å². The number of aliphatic hydroxyl groups excluding tert-OH is 1. The molecule has 0 radical (unpaired) electrons. The Kier molecular flexibility index (Phi) is 3.66. The van der Waals surface area contributed by atoms with Gasteiger partial charge >= 0.3 is 0 Å². The highest BCUT2D eigenvalue weighted by Crippen LogP contribution is 2.13. The van der Waals surface area contributed by atoms with Gasteiger partial charge in [-0.2, -0.15) is 0 Å². The van der Waals surface area contributed by atoms with E-state index in [1.165, 1.54) is 5.54 Å². The number of halogens is 2. The van der Waals surface area contributed by atoms with E-state index in [1.54, 1.807) is 0 Å². The molecular weight excluding hydrogens is 185 g/mol. The second-order valence-electron chi connectivity index (χ2n) is 2.73. The van der Waals surface area contributed by atoms with Gasteiger partial charge in [0.1, 0.15) is 0 Å². The summed E-state index contributed by atoms with van der Waals surface area (Å²) in [6, 6.07) is 0. The fraction of sp³-hybridized carbons (Fsp3) is 0.714. The van der Waals surface area contributed by atoms with Crippen LogP contribution in [0.3, 0.4) is 0 Å². The number of hydrogen-bond donors (Lipinski definition) is 1. The molecule has 2 nitrogen and oxygen atoms in total.